The van der Waals surface area contributed by atoms with E-state index in [0.717, 1.165) is 11.3 Å². The summed E-state index contributed by atoms with van der Waals surface area (Å²) in [7, 11) is 0. The SMILES string of the molecule is CC(C)c1nc(NC2COc3ccccc32)cc(=O)[nH]1. The first-order valence-electron chi connectivity index (χ1n) is 6.73. The van der Waals surface area contributed by atoms with Gasteiger partial charge in [-0.1, -0.05) is 32.0 Å². The Morgan fingerprint density at radius 3 is 3.00 bits per heavy atom. The molecule has 1 aliphatic rings. The summed E-state index contributed by atoms with van der Waals surface area (Å²) in [6.45, 7) is 4.54. The van der Waals surface area contributed by atoms with Crippen molar-refractivity contribution in [1.82, 2.24) is 9.97 Å². The molecule has 0 saturated carbocycles. The average molecular weight is 271 g/mol. The molecule has 0 bridgehead atoms. The second-order valence-electron chi connectivity index (χ2n) is 5.22. The molecule has 1 atom stereocenters. The highest BCUT2D eigenvalue weighted by molar-refractivity contribution is 5.45. The number of benzene rings is 1. The number of fused-ring (bicyclic) bond motifs is 1. The first-order valence-corrected chi connectivity index (χ1v) is 6.73. The smallest absolute Gasteiger partial charge is 0.252 e. The molecule has 1 aromatic carbocycles. The van der Waals surface area contributed by atoms with Crippen LogP contribution < -0.4 is 15.6 Å². The summed E-state index contributed by atoms with van der Waals surface area (Å²) >= 11 is 0. The average Bonchev–Trinajstić information content (AvgIpc) is 2.82. The normalized spacial score (nSPS) is 16.9. The molecular weight excluding hydrogens is 254 g/mol. The minimum Gasteiger partial charge on any atom is -0.491 e. The van der Waals surface area contributed by atoms with E-state index >= 15 is 0 Å². The molecule has 0 radical (unpaired) electrons. The summed E-state index contributed by atoms with van der Waals surface area (Å²) in [5.41, 5.74) is 0.957. The number of para-hydroxylation sites is 1. The number of nitrogens with zero attached hydrogens (tertiary/aromatic N) is 1. The summed E-state index contributed by atoms with van der Waals surface area (Å²) in [5.74, 6) is 2.34. The largest absolute Gasteiger partial charge is 0.491 e. The molecule has 5 nitrogen and oxygen atoms in total. The van der Waals surface area contributed by atoms with E-state index in [4.69, 9.17) is 4.74 Å². The first kappa shape index (κ1) is 12.7. The molecule has 0 amide bonds. The van der Waals surface area contributed by atoms with Crippen molar-refractivity contribution in [3.8, 4) is 5.75 Å². The Hall–Kier alpha value is -2.30. The van der Waals surface area contributed by atoms with Crippen molar-refractivity contribution in [2.45, 2.75) is 25.8 Å². The van der Waals surface area contributed by atoms with Crippen molar-refractivity contribution in [1.29, 1.82) is 0 Å². The lowest BCUT2D eigenvalue weighted by Crippen LogP contribution is -2.18. The van der Waals surface area contributed by atoms with E-state index in [-0.39, 0.29) is 17.5 Å². The molecule has 3 rings (SSSR count). The number of rotatable bonds is 3. The van der Waals surface area contributed by atoms with Gasteiger partial charge in [-0.15, -0.1) is 0 Å². The zero-order valence-electron chi connectivity index (χ0n) is 11.5. The summed E-state index contributed by atoms with van der Waals surface area (Å²) in [5, 5.41) is 3.28. The number of aromatic nitrogens is 2. The number of hydrogen-bond donors (Lipinski definition) is 2. The molecule has 0 fully saturated rings. The van der Waals surface area contributed by atoms with Crippen molar-refractivity contribution < 1.29 is 4.74 Å². The predicted octanol–water partition coefficient (Wildman–Crippen LogP) is 2.44. The summed E-state index contributed by atoms with van der Waals surface area (Å²) in [4.78, 5) is 18.9. The lowest BCUT2D eigenvalue weighted by Gasteiger charge is -2.13. The molecule has 1 aliphatic heterocycles. The van der Waals surface area contributed by atoms with Crippen LogP contribution in [0, 0.1) is 0 Å². The van der Waals surface area contributed by atoms with E-state index in [0.29, 0.717) is 18.2 Å². The van der Waals surface area contributed by atoms with Crippen molar-refractivity contribution in [2.24, 2.45) is 0 Å². The van der Waals surface area contributed by atoms with Gasteiger partial charge in [0, 0.05) is 17.5 Å². The predicted molar refractivity (Wildman–Crippen MR) is 77.2 cm³/mol. The Bertz CT molecular complexity index is 679. The lowest BCUT2D eigenvalue weighted by molar-refractivity contribution is 0.339. The van der Waals surface area contributed by atoms with Gasteiger partial charge >= 0.3 is 0 Å². The van der Waals surface area contributed by atoms with Crippen molar-refractivity contribution in [3.05, 3.63) is 52.1 Å². The standard InChI is InChI=1S/C15H17N3O2/c1-9(2)15-17-13(7-14(19)18-15)16-11-8-20-12-6-4-3-5-10(11)12/h3-7,9,11H,8H2,1-2H3,(H2,16,17,18,19). The van der Waals surface area contributed by atoms with Crippen LogP contribution in [0.1, 0.15) is 37.2 Å². The van der Waals surface area contributed by atoms with E-state index in [2.05, 4.69) is 15.3 Å². The third kappa shape index (κ3) is 2.39. The molecule has 0 aliphatic carbocycles. The Morgan fingerprint density at radius 1 is 1.40 bits per heavy atom. The highest BCUT2D eigenvalue weighted by atomic mass is 16.5. The van der Waals surface area contributed by atoms with Crippen molar-refractivity contribution in [3.63, 3.8) is 0 Å². The highest BCUT2D eigenvalue weighted by Gasteiger charge is 2.23. The molecule has 5 heteroatoms. The fourth-order valence-electron chi connectivity index (χ4n) is 2.28. The molecule has 0 saturated heterocycles. The molecule has 2 aromatic rings. The summed E-state index contributed by atoms with van der Waals surface area (Å²) in [6.07, 6.45) is 0. The molecule has 104 valence electrons. The van der Waals surface area contributed by atoms with Gasteiger partial charge in [-0.25, -0.2) is 4.98 Å². The van der Waals surface area contributed by atoms with E-state index in [1.807, 2.05) is 38.1 Å². The highest BCUT2D eigenvalue weighted by Crippen LogP contribution is 2.33. The number of anilines is 1. The zero-order valence-corrected chi connectivity index (χ0v) is 11.5. The Balaban J connectivity index is 1.88. The van der Waals surface area contributed by atoms with E-state index in [1.165, 1.54) is 6.07 Å². The maximum atomic E-state index is 11.7. The van der Waals surface area contributed by atoms with Crippen LogP contribution in [0.2, 0.25) is 0 Å². The fraction of sp³-hybridized carbons (Fsp3) is 0.333. The van der Waals surface area contributed by atoms with Crippen LogP contribution in [0.5, 0.6) is 5.75 Å². The zero-order chi connectivity index (χ0) is 14.1. The Morgan fingerprint density at radius 2 is 2.20 bits per heavy atom. The van der Waals surface area contributed by atoms with Crippen LogP contribution >= 0.6 is 0 Å². The van der Waals surface area contributed by atoms with Gasteiger partial charge in [0.05, 0.1) is 6.04 Å². The van der Waals surface area contributed by atoms with E-state index < -0.39 is 0 Å². The Labute approximate surface area is 117 Å². The maximum absolute atomic E-state index is 11.7. The fourth-order valence-corrected chi connectivity index (χ4v) is 2.28. The number of ether oxygens (including phenoxy) is 1. The molecule has 20 heavy (non-hydrogen) atoms. The molecular formula is C15H17N3O2. The van der Waals surface area contributed by atoms with Gasteiger partial charge in [0.2, 0.25) is 0 Å². The van der Waals surface area contributed by atoms with Gasteiger partial charge in [-0.3, -0.25) is 4.79 Å². The van der Waals surface area contributed by atoms with Gasteiger partial charge in [0.25, 0.3) is 5.56 Å². The molecule has 2 N–H and O–H groups in total. The molecule has 1 aromatic heterocycles. The number of aromatic amines is 1. The topological polar surface area (TPSA) is 67.0 Å². The van der Waals surface area contributed by atoms with Crippen LogP contribution in [-0.2, 0) is 0 Å². The van der Waals surface area contributed by atoms with Gasteiger partial charge in [0.15, 0.2) is 0 Å². The molecule has 1 unspecified atom stereocenters. The van der Waals surface area contributed by atoms with Crippen LogP contribution in [-0.4, -0.2) is 16.6 Å². The van der Waals surface area contributed by atoms with Gasteiger partial charge < -0.3 is 15.0 Å². The van der Waals surface area contributed by atoms with E-state index in [1.54, 1.807) is 0 Å². The van der Waals surface area contributed by atoms with Crippen LogP contribution in [0.3, 0.4) is 0 Å². The molecule has 2 heterocycles. The monoisotopic (exact) mass is 271 g/mol. The second kappa shape index (κ2) is 5.00. The van der Waals surface area contributed by atoms with Gasteiger partial charge in [0.1, 0.15) is 24.0 Å². The van der Waals surface area contributed by atoms with Crippen molar-refractivity contribution in [2.75, 3.05) is 11.9 Å². The van der Waals surface area contributed by atoms with Crippen LogP contribution in [0.25, 0.3) is 0 Å². The Kier molecular flexibility index (Phi) is 3.18. The first-order chi connectivity index (χ1) is 9.63. The van der Waals surface area contributed by atoms with Crippen LogP contribution in [0.15, 0.2) is 35.1 Å². The molecule has 0 spiro atoms. The van der Waals surface area contributed by atoms with Gasteiger partial charge in [-0.05, 0) is 6.07 Å². The van der Waals surface area contributed by atoms with E-state index in [9.17, 15) is 4.79 Å². The summed E-state index contributed by atoms with van der Waals surface area (Å²) in [6, 6.07) is 9.40. The summed E-state index contributed by atoms with van der Waals surface area (Å²) < 4.78 is 5.61. The van der Waals surface area contributed by atoms with Crippen molar-refractivity contribution >= 4 is 5.82 Å². The van der Waals surface area contributed by atoms with Gasteiger partial charge in [-0.2, -0.15) is 0 Å². The third-order valence-corrected chi connectivity index (χ3v) is 3.33. The lowest BCUT2D eigenvalue weighted by atomic mass is 10.1. The quantitative estimate of drug-likeness (QED) is 0.899. The minimum atomic E-state index is -0.140. The minimum absolute atomic E-state index is 0.0283. The number of H-pyrrole nitrogens is 1. The number of nitrogens with one attached hydrogen (secondary N) is 2. The maximum Gasteiger partial charge on any atom is 0.252 e. The van der Waals surface area contributed by atoms with Crippen LogP contribution in [0.4, 0.5) is 5.82 Å². The third-order valence-electron chi connectivity index (χ3n) is 3.33. The number of hydrogen-bond acceptors (Lipinski definition) is 4. The second-order valence-corrected chi connectivity index (χ2v) is 5.22.